The molecular weight excluding hydrogens is 322 g/mol. The van der Waals surface area contributed by atoms with Crippen molar-refractivity contribution >= 4 is 5.71 Å². The van der Waals surface area contributed by atoms with E-state index in [0.717, 1.165) is 42.4 Å². The highest BCUT2D eigenvalue weighted by Crippen LogP contribution is 2.78. The molecule has 0 aromatic heterocycles. The second kappa shape index (κ2) is 5.04. The zero-order valence-electron chi connectivity index (χ0n) is 15.9. The van der Waals surface area contributed by atoms with Gasteiger partial charge in [0, 0.05) is 10.8 Å². The SMILES string of the molecule is CC12CCC3C4CC/C(=N\O)C=C4CCC3C1CC1(CC1)C21C=CCO1. The van der Waals surface area contributed by atoms with Gasteiger partial charge in [0.05, 0.1) is 17.9 Å². The van der Waals surface area contributed by atoms with E-state index in [1.807, 2.05) is 0 Å². The van der Waals surface area contributed by atoms with Crippen molar-refractivity contribution in [3.8, 4) is 0 Å². The Morgan fingerprint density at radius 3 is 2.73 bits per heavy atom. The quantitative estimate of drug-likeness (QED) is 0.374. The lowest BCUT2D eigenvalue weighted by molar-refractivity contribution is -0.128. The number of fused-ring (bicyclic) bond motifs is 7. The number of hydrogen-bond donors (Lipinski definition) is 1. The minimum absolute atomic E-state index is 0.0506. The molecule has 0 saturated heterocycles. The second-order valence-electron chi connectivity index (χ2n) is 10.3. The van der Waals surface area contributed by atoms with Crippen LogP contribution in [-0.2, 0) is 4.74 Å². The molecule has 0 amide bonds. The summed E-state index contributed by atoms with van der Waals surface area (Å²) in [4.78, 5) is 0. The smallest absolute Gasteiger partial charge is 0.0979 e. The number of ether oxygens (including phenoxy) is 1. The molecule has 6 rings (SSSR count). The van der Waals surface area contributed by atoms with E-state index in [2.05, 4.69) is 30.3 Å². The molecule has 6 atom stereocenters. The van der Waals surface area contributed by atoms with Crippen molar-refractivity contribution < 1.29 is 9.94 Å². The number of hydrogen-bond acceptors (Lipinski definition) is 3. The lowest BCUT2D eigenvalue weighted by Crippen LogP contribution is -2.54. The minimum atomic E-state index is 0.0506. The molecule has 0 radical (unpaired) electrons. The molecule has 4 fully saturated rings. The highest BCUT2D eigenvalue weighted by atomic mass is 16.5. The molecule has 0 aromatic carbocycles. The molecule has 26 heavy (non-hydrogen) atoms. The van der Waals surface area contributed by atoms with Gasteiger partial charge in [-0.15, -0.1) is 0 Å². The highest BCUT2D eigenvalue weighted by molar-refractivity contribution is 5.96. The van der Waals surface area contributed by atoms with Gasteiger partial charge in [0.1, 0.15) is 0 Å². The zero-order chi connectivity index (χ0) is 17.6. The highest BCUT2D eigenvalue weighted by Gasteiger charge is 2.76. The van der Waals surface area contributed by atoms with Crippen LogP contribution in [0.3, 0.4) is 0 Å². The maximum absolute atomic E-state index is 9.18. The minimum Gasteiger partial charge on any atom is -0.411 e. The van der Waals surface area contributed by atoms with E-state index < -0.39 is 0 Å². The lowest BCUT2D eigenvalue weighted by atomic mass is 9.50. The van der Waals surface area contributed by atoms with Gasteiger partial charge in [-0.2, -0.15) is 0 Å². The molecule has 140 valence electrons. The first-order chi connectivity index (χ1) is 12.6. The van der Waals surface area contributed by atoms with Gasteiger partial charge in [0.2, 0.25) is 0 Å². The van der Waals surface area contributed by atoms with Crippen molar-refractivity contribution in [1.29, 1.82) is 0 Å². The van der Waals surface area contributed by atoms with Crippen LogP contribution in [0.5, 0.6) is 0 Å². The van der Waals surface area contributed by atoms with Crippen molar-refractivity contribution in [2.24, 2.45) is 39.7 Å². The average Bonchev–Trinajstić information content (AvgIpc) is 3.20. The molecule has 6 aliphatic rings. The summed E-state index contributed by atoms with van der Waals surface area (Å²) < 4.78 is 6.60. The second-order valence-corrected chi connectivity index (χ2v) is 10.3. The largest absolute Gasteiger partial charge is 0.411 e. The van der Waals surface area contributed by atoms with E-state index in [9.17, 15) is 5.21 Å². The van der Waals surface area contributed by atoms with Gasteiger partial charge in [0.15, 0.2) is 0 Å². The number of allylic oxidation sites excluding steroid dienone is 2. The molecule has 1 aliphatic heterocycles. The Morgan fingerprint density at radius 1 is 1.12 bits per heavy atom. The van der Waals surface area contributed by atoms with Gasteiger partial charge >= 0.3 is 0 Å². The van der Waals surface area contributed by atoms with Crippen LogP contribution in [0.1, 0.15) is 64.7 Å². The number of rotatable bonds is 0. The molecular formula is C23H31NO2. The topological polar surface area (TPSA) is 41.8 Å². The fourth-order valence-corrected chi connectivity index (χ4v) is 8.46. The fraction of sp³-hybridized carbons (Fsp3) is 0.783. The molecule has 1 heterocycles. The summed E-state index contributed by atoms with van der Waals surface area (Å²) in [5.41, 5.74) is 3.34. The van der Waals surface area contributed by atoms with Gasteiger partial charge in [-0.05, 0) is 87.5 Å². The lowest BCUT2D eigenvalue weighted by Gasteiger charge is -2.56. The van der Waals surface area contributed by atoms with E-state index in [4.69, 9.17) is 4.74 Å². The van der Waals surface area contributed by atoms with E-state index >= 15 is 0 Å². The Hall–Kier alpha value is -1.09. The van der Waals surface area contributed by atoms with Crippen LogP contribution in [0, 0.1) is 34.5 Å². The Balaban J connectivity index is 1.36. The van der Waals surface area contributed by atoms with Gasteiger partial charge in [-0.1, -0.05) is 29.8 Å². The first-order valence-electron chi connectivity index (χ1n) is 10.9. The van der Waals surface area contributed by atoms with Crippen molar-refractivity contribution in [1.82, 2.24) is 0 Å². The van der Waals surface area contributed by atoms with E-state index in [-0.39, 0.29) is 5.60 Å². The van der Waals surface area contributed by atoms with Crippen molar-refractivity contribution in [3.05, 3.63) is 23.8 Å². The van der Waals surface area contributed by atoms with E-state index in [0.29, 0.717) is 10.8 Å². The summed E-state index contributed by atoms with van der Waals surface area (Å²) in [7, 11) is 0. The summed E-state index contributed by atoms with van der Waals surface area (Å²) in [6.45, 7) is 3.41. The maximum Gasteiger partial charge on any atom is 0.0979 e. The molecule has 3 heteroatoms. The number of oxime groups is 1. The van der Waals surface area contributed by atoms with Crippen molar-refractivity contribution in [2.75, 3.05) is 6.61 Å². The standard InChI is InChI=1S/C23H31NO2/c1-21-9-7-18-17-6-4-16(24-25)13-15(17)3-5-19(18)20(21)14-22(10-11-22)23(21)8-2-12-26-23/h2,8,13,17-20,25H,3-7,9-12,14H2,1H3/b24-16+. The Labute approximate surface area is 156 Å². The summed E-state index contributed by atoms with van der Waals surface area (Å²) in [5, 5.41) is 12.7. The Morgan fingerprint density at radius 2 is 2.00 bits per heavy atom. The molecule has 0 bridgehead atoms. The third-order valence-corrected chi connectivity index (χ3v) is 9.69. The first kappa shape index (κ1) is 15.9. The molecule has 3 nitrogen and oxygen atoms in total. The van der Waals surface area contributed by atoms with Gasteiger partial charge in [-0.3, -0.25) is 0 Å². The summed E-state index contributed by atoms with van der Waals surface area (Å²) >= 11 is 0. The number of nitrogens with zero attached hydrogens (tertiary/aromatic N) is 1. The predicted octanol–water partition coefficient (Wildman–Crippen LogP) is 5.10. The van der Waals surface area contributed by atoms with Crippen molar-refractivity contribution in [2.45, 2.75) is 70.3 Å². The summed E-state index contributed by atoms with van der Waals surface area (Å²) in [6.07, 6.45) is 18.6. The first-order valence-corrected chi connectivity index (χ1v) is 10.9. The van der Waals surface area contributed by atoms with E-state index in [1.165, 1.54) is 51.4 Å². The normalized spacial score (nSPS) is 52.0. The summed E-state index contributed by atoms with van der Waals surface area (Å²) in [6, 6.07) is 0. The van der Waals surface area contributed by atoms with Crippen LogP contribution in [0.4, 0.5) is 0 Å². The van der Waals surface area contributed by atoms with Crippen LogP contribution in [-0.4, -0.2) is 23.1 Å². The van der Waals surface area contributed by atoms with Gasteiger partial charge in [-0.25, -0.2) is 0 Å². The Kier molecular flexibility index (Phi) is 3.08. The molecule has 0 aromatic rings. The van der Waals surface area contributed by atoms with Crippen LogP contribution in [0.2, 0.25) is 0 Å². The average molecular weight is 354 g/mol. The maximum atomic E-state index is 9.18. The van der Waals surface area contributed by atoms with Crippen LogP contribution >= 0.6 is 0 Å². The van der Waals surface area contributed by atoms with Crippen LogP contribution < -0.4 is 0 Å². The third-order valence-electron chi connectivity index (χ3n) is 9.69. The zero-order valence-corrected chi connectivity index (χ0v) is 15.9. The van der Waals surface area contributed by atoms with Crippen LogP contribution in [0.25, 0.3) is 0 Å². The van der Waals surface area contributed by atoms with Crippen LogP contribution in [0.15, 0.2) is 29.0 Å². The van der Waals surface area contributed by atoms with Crippen molar-refractivity contribution in [3.63, 3.8) is 0 Å². The monoisotopic (exact) mass is 353 g/mol. The molecule has 1 N–H and O–H groups in total. The molecule has 5 aliphatic carbocycles. The van der Waals surface area contributed by atoms with Gasteiger partial charge < -0.3 is 9.94 Å². The molecule has 6 unspecified atom stereocenters. The fourth-order valence-electron chi connectivity index (χ4n) is 8.46. The van der Waals surface area contributed by atoms with E-state index in [1.54, 1.807) is 5.57 Å². The molecule has 2 spiro atoms. The Bertz CT molecular complexity index is 732. The third kappa shape index (κ3) is 1.72. The predicted molar refractivity (Wildman–Crippen MR) is 101 cm³/mol. The molecule has 4 saturated carbocycles. The summed E-state index contributed by atoms with van der Waals surface area (Å²) in [5.74, 6) is 3.30. The van der Waals surface area contributed by atoms with Gasteiger partial charge in [0.25, 0.3) is 0 Å².